The average molecular weight is 512 g/mol. The van der Waals surface area contributed by atoms with Gasteiger partial charge in [-0.3, -0.25) is 4.79 Å². The molecule has 1 N–H and O–H groups in total. The van der Waals surface area contributed by atoms with Crippen LogP contribution in [0.2, 0.25) is 0 Å². The summed E-state index contributed by atoms with van der Waals surface area (Å²) >= 11 is 2.11. The molecule has 0 saturated carbocycles. The number of fused-ring (bicyclic) bond motifs is 1. The van der Waals surface area contributed by atoms with E-state index in [1.807, 2.05) is 37.5 Å². The van der Waals surface area contributed by atoms with Crippen LogP contribution in [0, 0.1) is 9.49 Å². The lowest BCUT2D eigenvalue weighted by Crippen LogP contribution is -2.43. The van der Waals surface area contributed by atoms with Gasteiger partial charge in [-0.25, -0.2) is 9.59 Å². The molecule has 1 aliphatic rings. The maximum Gasteiger partial charge on any atom is 0.410 e. The van der Waals surface area contributed by atoms with E-state index in [1.54, 1.807) is 11.0 Å². The van der Waals surface area contributed by atoms with Crippen molar-refractivity contribution in [3.63, 3.8) is 0 Å². The minimum absolute atomic E-state index is 0.142. The van der Waals surface area contributed by atoms with Crippen LogP contribution in [0.25, 0.3) is 10.9 Å². The molecule has 1 aromatic carbocycles. The molecule has 0 radical (unpaired) electrons. The first kappa shape index (κ1) is 21.6. The smallest absolute Gasteiger partial charge is 0.410 e. The van der Waals surface area contributed by atoms with Crippen molar-refractivity contribution in [2.24, 2.45) is 5.92 Å². The third kappa shape index (κ3) is 5.09. The van der Waals surface area contributed by atoms with Gasteiger partial charge in [0.25, 0.3) is 0 Å². The molecule has 3 rings (SSSR count). The Morgan fingerprint density at radius 2 is 2.03 bits per heavy atom. The normalized spacial score (nSPS) is 17.4. The van der Waals surface area contributed by atoms with Gasteiger partial charge in [0.2, 0.25) is 5.43 Å². The molecule has 156 valence electrons. The van der Waals surface area contributed by atoms with Crippen molar-refractivity contribution in [2.75, 3.05) is 13.1 Å². The molecular weight excluding hydrogens is 487 g/mol. The quantitative estimate of drug-likeness (QED) is 0.630. The van der Waals surface area contributed by atoms with E-state index in [9.17, 15) is 19.5 Å². The highest BCUT2D eigenvalue weighted by atomic mass is 127. The largest absolute Gasteiger partial charge is 0.477 e. The van der Waals surface area contributed by atoms with E-state index < -0.39 is 17.0 Å². The van der Waals surface area contributed by atoms with Crippen LogP contribution in [0.3, 0.4) is 0 Å². The van der Waals surface area contributed by atoms with Crippen molar-refractivity contribution in [3.8, 4) is 0 Å². The van der Waals surface area contributed by atoms with Gasteiger partial charge in [-0.1, -0.05) is 0 Å². The predicted molar refractivity (Wildman–Crippen MR) is 118 cm³/mol. The van der Waals surface area contributed by atoms with Gasteiger partial charge in [0.15, 0.2) is 0 Å². The molecule has 1 aliphatic heterocycles. The summed E-state index contributed by atoms with van der Waals surface area (Å²) in [7, 11) is 0. The number of likely N-dealkylation sites (tertiary alicyclic amines) is 1. The molecule has 29 heavy (non-hydrogen) atoms. The third-order valence-electron chi connectivity index (χ3n) is 4.90. The second-order valence-electron chi connectivity index (χ2n) is 8.43. The van der Waals surface area contributed by atoms with Crippen LogP contribution in [-0.2, 0) is 11.3 Å². The molecular formula is C21H25IN2O5. The van der Waals surface area contributed by atoms with Crippen LogP contribution in [-0.4, -0.2) is 45.3 Å². The van der Waals surface area contributed by atoms with Crippen LogP contribution < -0.4 is 5.43 Å². The Labute approximate surface area is 182 Å². The van der Waals surface area contributed by atoms with Crippen molar-refractivity contribution in [1.82, 2.24) is 9.47 Å². The fourth-order valence-corrected chi connectivity index (χ4v) is 4.15. The first-order valence-electron chi connectivity index (χ1n) is 9.59. The van der Waals surface area contributed by atoms with Gasteiger partial charge in [0.05, 0.1) is 5.52 Å². The number of pyridine rings is 1. The van der Waals surface area contributed by atoms with Gasteiger partial charge >= 0.3 is 12.1 Å². The number of ether oxygens (including phenoxy) is 1. The Morgan fingerprint density at radius 3 is 2.69 bits per heavy atom. The SMILES string of the molecule is CC(C)(C)OC(=O)N1CCC[C@H](Cn2cc(C(=O)O)c(=O)c3cc(I)ccc32)C1. The lowest BCUT2D eigenvalue weighted by molar-refractivity contribution is 0.0157. The molecule has 2 aromatic rings. The average Bonchev–Trinajstić information content (AvgIpc) is 2.62. The van der Waals surface area contributed by atoms with Crippen molar-refractivity contribution in [2.45, 2.75) is 45.8 Å². The maximum atomic E-state index is 12.6. The summed E-state index contributed by atoms with van der Waals surface area (Å²) in [5, 5.41) is 9.86. The summed E-state index contributed by atoms with van der Waals surface area (Å²) in [5.74, 6) is -1.09. The molecule has 1 saturated heterocycles. The van der Waals surface area contributed by atoms with Gasteiger partial charge < -0.3 is 19.3 Å². The zero-order chi connectivity index (χ0) is 21.3. The number of halogens is 1. The summed E-state index contributed by atoms with van der Waals surface area (Å²) in [6, 6.07) is 5.46. The molecule has 1 amide bonds. The number of carbonyl (C=O) groups is 2. The van der Waals surface area contributed by atoms with Crippen molar-refractivity contribution >= 4 is 45.6 Å². The number of carboxylic acids is 1. The minimum atomic E-state index is -1.23. The number of hydrogen-bond donors (Lipinski definition) is 1. The number of rotatable bonds is 3. The van der Waals surface area contributed by atoms with Gasteiger partial charge in [0.1, 0.15) is 11.2 Å². The lowest BCUT2D eigenvalue weighted by atomic mass is 9.97. The van der Waals surface area contributed by atoms with Crippen LogP contribution in [0.1, 0.15) is 44.0 Å². The first-order chi connectivity index (χ1) is 13.5. The molecule has 1 fully saturated rings. The van der Waals surface area contributed by atoms with Crippen molar-refractivity contribution < 1.29 is 19.4 Å². The standard InChI is InChI=1S/C21H25IN2O5/c1-21(2,3)29-20(28)23-8-4-5-13(10-23)11-24-12-16(19(26)27)18(25)15-9-14(22)6-7-17(15)24/h6-7,9,12-13H,4-5,8,10-11H2,1-3H3,(H,26,27)/t13-/m0/s1. The summed E-state index contributed by atoms with van der Waals surface area (Å²) in [6.07, 6.45) is 2.87. The summed E-state index contributed by atoms with van der Waals surface area (Å²) in [5.41, 5.74) is -0.553. The van der Waals surface area contributed by atoms with E-state index in [0.29, 0.717) is 30.5 Å². The molecule has 0 aliphatic carbocycles. The van der Waals surface area contributed by atoms with E-state index in [2.05, 4.69) is 22.6 Å². The summed E-state index contributed by atoms with van der Waals surface area (Å²) in [6.45, 7) is 7.23. The highest BCUT2D eigenvalue weighted by Gasteiger charge is 2.28. The van der Waals surface area contributed by atoms with Gasteiger partial charge in [-0.2, -0.15) is 0 Å². The van der Waals surface area contributed by atoms with Crippen LogP contribution in [0.5, 0.6) is 0 Å². The second kappa shape index (κ2) is 8.33. The zero-order valence-corrected chi connectivity index (χ0v) is 18.9. The topological polar surface area (TPSA) is 88.8 Å². The van der Waals surface area contributed by atoms with Crippen LogP contribution in [0.15, 0.2) is 29.2 Å². The maximum absolute atomic E-state index is 12.6. The minimum Gasteiger partial charge on any atom is -0.477 e. The molecule has 7 nitrogen and oxygen atoms in total. The predicted octanol–water partition coefficient (Wildman–Crippen LogP) is 3.95. The number of aromatic nitrogens is 1. The van der Waals surface area contributed by atoms with E-state index in [1.165, 1.54) is 6.20 Å². The van der Waals surface area contributed by atoms with E-state index in [4.69, 9.17) is 4.74 Å². The fraction of sp³-hybridized carbons (Fsp3) is 0.476. The van der Waals surface area contributed by atoms with E-state index in [0.717, 1.165) is 16.4 Å². The number of amides is 1. The van der Waals surface area contributed by atoms with E-state index >= 15 is 0 Å². The molecule has 1 atom stereocenters. The van der Waals surface area contributed by atoms with Gasteiger partial charge in [-0.15, -0.1) is 0 Å². The Kier molecular flexibility index (Phi) is 6.21. The van der Waals surface area contributed by atoms with Gasteiger partial charge in [0, 0.05) is 34.8 Å². The van der Waals surface area contributed by atoms with Crippen LogP contribution in [0.4, 0.5) is 4.79 Å². The zero-order valence-electron chi connectivity index (χ0n) is 16.8. The third-order valence-corrected chi connectivity index (χ3v) is 5.57. The summed E-state index contributed by atoms with van der Waals surface area (Å²) in [4.78, 5) is 38.3. The molecule has 0 bridgehead atoms. The number of aromatic carboxylic acids is 1. The number of carbonyl (C=O) groups excluding carboxylic acids is 1. The Morgan fingerprint density at radius 1 is 1.31 bits per heavy atom. The highest BCUT2D eigenvalue weighted by Crippen LogP contribution is 2.23. The number of benzene rings is 1. The Bertz CT molecular complexity index is 1010. The highest BCUT2D eigenvalue weighted by molar-refractivity contribution is 14.1. The second-order valence-corrected chi connectivity index (χ2v) is 9.67. The number of piperidine rings is 1. The number of hydrogen-bond acceptors (Lipinski definition) is 4. The summed E-state index contributed by atoms with van der Waals surface area (Å²) < 4.78 is 8.19. The van der Waals surface area contributed by atoms with Gasteiger partial charge in [-0.05, 0) is 80.3 Å². The van der Waals surface area contributed by atoms with E-state index in [-0.39, 0.29) is 17.6 Å². The fourth-order valence-electron chi connectivity index (χ4n) is 3.66. The molecule has 1 aromatic heterocycles. The monoisotopic (exact) mass is 512 g/mol. The Hall–Kier alpha value is -2.10. The van der Waals surface area contributed by atoms with Crippen LogP contribution >= 0.6 is 22.6 Å². The molecule has 0 spiro atoms. The molecule has 2 heterocycles. The number of nitrogens with zero attached hydrogens (tertiary/aromatic N) is 2. The molecule has 0 unspecified atom stereocenters. The number of carboxylic acid groups (broad SMARTS) is 1. The Balaban J connectivity index is 1.89. The van der Waals surface area contributed by atoms with Crippen molar-refractivity contribution in [1.29, 1.82) is 0 Å². The van der Waals surface area contributed by atoms with Crippen molar-refractivity contribution in [3.05, 3.63) is 43.8 Å². The molecule has 8 heteroatoms. The lowest BCUT2D eigenvalue weighted by Gasteiger charge is -2.34. The first-order valence-corrected chi connectivity index (χ1v) is 10.7.